The molecule has 1 amide bonds. The number of rotatable bonds is 3. The molecule has 1 N–H and O–H groups in total. The largest absolute Gasteiger partial charge is 0.480 e. The molecule has 2 aromatic heterocycles. The lowest BCUT2D eigenvalue weighted by Crippen LogP contribution is -2.31. The zero-order valence-electron chi connectivity index (χ0n) is 12.2. The molecule has 21 heavy (non-hydrogen) atoms. The van der Waals surface area contributed by atoms with Gasteiger partial charge in [0.2, 0.25) is 5.88 Å². The first-order valence-electron chi connectivity index (χ1n) is 7.02. The molecule has 3 rings (SSSR count). The molecule has 1 aliphatic rings. The van der Waals surface area contributed by atoms with Crippen LogP contribution in [-0.2, 0) is 0 Å². The van der Waals surface area contributed by atoms with Crippen LogP contribution in [0.25, 0.3) is 0 Å². The van der Waals surface area contributed by atoms with Gasteiger partial charge >= 0.3 is 0 Å². The van der Waals surface area contributed by atoms with Crippen molar-refractivity contribution in [3.05, 3.63) is 41.3 Å². The molecule has 6 nitrogen and oxygen atoms in total. The molecule has 2 aromatic rings. The quantitative estimate of drug-likeness (QED) is 0.938. The van der Waals surface area contributed by atoms with Gasteiger partial charge in [-0.15, -0.1) is 0 Å². The van der Waals surface area contributed by atoms with Gasteiger partial charge in [-0.05, 0) is 38.0 Å². The van der Waals surface area contributed by atoms with Gasteiger partial charge < -0.3 is 9.64 Å². The molecule has 0 bridgehead atoms. The predicted molar refractivity (Wildman–Crippen MR) is 77.1 cm³/mol. The summed E-state index contributed by atoms with van der Waals surface area (Å²) in [5.41, 5.74) is 2.31. The van der Waals surface area contributed by atoms with Crippen molar-refractivity contribution in [1.82, 2.24) is 20.1 Å². The van der Waals surface area contributed by atoms with E-state index < -0.39 is 0 Å². The summed E-state index contributed by atoms with van der Waals surface area (Å²) < 4.78 is 5.25. The van der Waals surface area contributed by atoms with Gasteiger partial charge in [-0.25, -0.2) is 4.98 Å². The maximum atomic E-state index is 12.8. The monoisotopic (exact) mass is 286 g/mol. The van der Waals surface area contributed by atoms with Crippen LogP contribution < -0.4 is 4.74 Å². The minimum absolute atomic E-state index is 0.0450. The lowest BCUT2D eigenvalue weighted by molar-refractivity contribution is 0.0728. The number of amides is 1. The third-order valence-electron chi connectivity index (χ3n) is 3.82. The third kappa shape index (κ3) is 2.49. The van der Waals surface area contributed by atoms with E-state index in [2.05, 4.69) is 15.2 Å². The second-order valence-electron chi connectivity index (χ2n) is 5.18. The van der Waals surface area contributed by atoms with E-state index in [4.69, 9.17) is 4.74 Å². The van der Waals surface area contributed by atoms with E-state index in [0.717, 1.165) is 30.8 Å². The Balaban J connectivity index is 1.91. The number of nitrogens with one attached hydrogen (secondary N) is 1. The van der Waals surface area contributed by atoms with E-state index in [1.165, 1.54) is 7.11 Å². The van der Waals surface area contributed by atoms with Gasteiger partial charge in [0.05, 0.1) is 18.8 Å². The van der Waals surface area contributed by atoms with Crippen LogP contribution in [0.3, 0.4) is 0 Å². The SMILES string of the molecule is COc1nc(C)ccc1C(=O)N1CCCC1c1ccn[nH]1. The number of H-pyrrole nitrogens is 1. The summed E-state index contributed by atoms with van der Waals surface area (Å²) in [6.07, 6.45) is 3.64. The van der Waals surface area contributed by atoms with Crippen LogP contribution in [0.4, 0.5) is 0 Å². The number of hydrogen-bond donors (Lipinski definition) is 1. The van der Waals surface area contributed by atoms with Crippen molar-refractivity contribution in [2.75, 3.05) is 13.7 Å². The van der Waals surface area contributed by atoms with Crippen molar-refractivity contribution in [2.45, 2.75) is 25.8 Å². The fraction of sp³-hybridized carbons (Fsp3) is 0.400. The first-order valence-corrected chi connectivity index (χ1v) is 7.02. The van der Waals surface area contributed by atoms with Crippen LogP contribution in [-0.4, -0.2) is 39.6 Å². The summed E-state index contributed by atoms with van der Waals surface area (Å²) in [5, 5.41) is 6.94. The van der Waals surface area contributed by atoms with E-state index in [1.807, 2.05) is 24.0 Å². The highest BCUT2D eigenvalue weighted by Crippen LogP contribution is 2.33. The number of nitrogens with zero attached hydrogens (tertiary/aromatic N) is 3. The third-order valence-corrected chi connectivity index (χ3v) is 3.82. The summed E-state index contributed by atoms with van der Waals surface area (Å²) in [5.74, 6) is 0.340. The highest BCUT2D eigenvalue weighted by Gasteiger charge is 2.32. The number of carbonyl (C=O) groups is 1. The molecule has 0 spiro atoms. The maximum absolute atomic E-state index is 12.8. The average molecular weight is 286 g/mol. The minimum atomic E-state index is -0.0450. The Labute approximate surface area is 123 Å². The molecule has 1 unspecified atom stereocenters. The Kier molecular flexibility index (Phi) is 3.60. The summed E-state index contributed by atoms with van der Waals surface area (Å²) >= 11 is 0. The van der Waals surface area contributed by atoms with Crippen LogP contribution in [0, 0.1) is 6.92 Å². The highest BCUT2D eigenvalue weighted by atomic mass is 16.5. The van der Waals surface area contributed by atoms with Gasteiger partial charge in [-0.1, -0.05) is 0 Å². The molecular formula is C15H18N4O2. The lowest BCUT2D eigenvalue weighted by atomic mass is 10.1. The van der Waals surface area contributed by atoms with Crippen molar-refractivity contribution in [3.8, 4) is 5.88 Å². The van der Waals surface area contributed by atoms with E-state index in [-0.39, 0.29) is 11.9 Å². The van der Waals surface area contributed by atoms with Gasteiger partial charge in [0, 0.05) is 18.4 Å². The Morgan fingerprint density at radius 1 is 1.43 bits per heavy atom. The van der Waals surface area contributed by atoms with Gasteiger partial charge in [0.15, 0.2) is 0 Å². The fourth-order valence-corrected chi connectivity index (χ4v) is 2.79. The normalized spacial score (nSPS) is 18.0. The van der Waals surface area contributed by atoms with Crippen LogP contribution in [0.15, 0.2) is 24.4 Å². The van der Waals surface area contributed by atoms with Crippen molar-refractivity contribution < 1.29 is 9.53 Å². The second-order valence-corrected chi connectivity index (χ2v) is 5.18. The molecule has 0 aliphatic carbocycles. The molecule has 1 atom stereocenters. The number of methoxy groups -OCH3 is 1. The molecule has 1 aliphatic heterocycles. The lowest BCUT2D eigenvalue weighted by Gasteiger charge is -2.24. The standard InChI is InChI=1S/C15H18N4O2/c1-10-5-6-11(14(17-10)21-2)15(20)19-9-3-4-13(19)12-7-8-16-18-12/h5-8,13H,3-4,9H2,1-2H3,(H,16,18). The van der Waals surface area contributed by atoms with E-state index >= 15 is 0 Å². The Morgan fingerprint density at radius 3 is 3.00 bits per heavy atom. The number of hydrogen-bond acceptors (Lipinski definition) is 4. The first kappa shape index (κ1) is 13.6. The Morgan fingerprint density at radius 2 is 2.29 bits per heavy atom. The summed E-state index contributed by atoms with van der Waals surface area (Å²) in [7, 11) is 1.54. The Hall–Kier alpha value is -2.37. The topological polar surface area (TPSA) is 71.1 Å². The van der Waals surface area contributed by atoms with Crippen molar-refractivity contribution >= 4 is 5.91 Å². The number of pyridine rings is 1. The molecule has 110 valence electrons. The molecule has 1 saturated heterocycles. The van der Waals surface area contributed by atoms with Gasteiger partial charge in [-0.3, -0.25) is 9.89 Å². The second kappa shape index (κ2) is 5.55. The fourth-order valence-electron chi connectivity index (χ4n) is 2.79. The first-order chi connectivity index (χ1) is 10.2. The van der Waals surface area contributed by atoms with Gasteiger partial charge in [0.1, 0.15) is 5.56 Å². The van der Waals surface area contributed by atoms with Crippen molar-refractivity contribution in [3.63, 3.8) is 0 Å². The highest BCUT2D eigenvalue weighted by molar-refractivity contribution is 5.96. The zero-order valence-corrected chi connectivity index (χ0v) is 12.2. The van der Waals surface area contributed by atoms with E-state index in [1.54, 1.807) is 12.3 Å². The van der Waals surface area contributed by atoms with Crippen LogP contribution in [0.1, 0.15) is 40.6 Å². The van der Waals surface area contributed by atoms with Gasteiger partial charge in [0.25, 0.3) is 5.91 Å². The zero-order chi connectivity index (χ0) is 14.8. The van der Waals surface area contributed by atoms with Crippen LogP contribution >= 0.6 is 0 Å². The molecule has 3 heterocycles. The summed E-state index contributed by atoms with van der Waals surface area (Å²) in [4.78, 5) is 19.0. The maximum Gasteiger partial charge on any atom is 0.259 e. The van der Waals surface area contributed by atoms with Crippen molar-refractivity contribution in [1.29, 1.82) is 0 Å². The summed E-state index contributed by atoms with van der Waals surface area (Å²) in [6, 6.07) is 5.58. The molecule has 0 saturated carbocycles. The number of ether oxygens (including phenoxy) is 1. The van der Waals surface area contributed by atoms with Gasteiger partial charge in [-0.2, -0.15) is 5.10 Å². The Bertz CT molecular complexity index is 639. The summed E-state index contributed by atoms with van der Waals surface area (Å²) in [6.45, 7) is 2.61. The number of carbonyl (C=O) groups excluding carboxylic acids is 1. The molecule has 6 heteroatoms. The smallest absolute Gasteiger partial charge is 0.259 e. The number of aryl methyl sites for hydroxylation is 1. The van der Waals surface area contributed by atoms with E-state index in [0.29, 0.717) is 11.4 Å². The molecule has 1 fully saturated rings. The van der Waals surface area contributed by atoms with Crippen LogP contribution in [0.5, 0.6) is 5.88 Å². The molecular weight excluding hydrogens is 268 g/mol. The van der Waals surface area contributed by atoms with Crippen molar-refractivity contribution in [2.24, 2.45) is 0 Å². The van der Waals surface area contributed by atoms with Crippen LogP contribution in [0.2, 0.25) is 0 Å². The number of likely N-dealkylation sites (tertiary alicyclic amines) is 1. The molecule has 0 radical (unpaired) electrons. The number of aromatic amines is 1. The number of aromatic nitrogens is 3. The average Bonchev–Trinajstić information content (AvgIpc) is 3.16. The minimum Gasteiger partial charge on any atom is -0.480 e. The predicted octanol–water partition coefficient (Wildman–Crippen LogP) is 2.10. The molecule has 0 aromatic carbocycles. The van der Waals surface area contributed by atoms with E-state index in [9.17, 15) is 4.79 Å².